The Morgan fingerprint density at radius 2 is 1.79 bits per heavy atom. The van der Waals surface area contributed by atoms with Gasteiger partial charge in [-0.1, -0.05) is 26.0 Å². The van der Waals surface area contributed by atoms with E-state index in [0.29, 0.717) is 42.1 Å². The van der Waals surface area contributed by atoms with Crippen molar-refractivity contribution in [2.45, 2.75) is 37.5 Å². The molecule has 1 aromatic carbocycles. The van der Waals surface area contributed by atoms with Crippen molar-refractivity contribution < 1.29 is 8.42 Å². The Hall–Kier alpha value is -1.22. The molecule has 8 heteroatoms. The second-order valence-corrected chi connectivity index (χ2v) is 9.98. The largest absolute Gasteiger partial charge is 0.363 e. The molecule has 6 nitrogen and oxygen atoms in total. The minimum Gasteiger partial charge on any atom is -0.363 e. The van der Waals surface area contributed by atoms with Crippen LogP contribution in [-0.4, -0.2) is 81.0 Å². The van der Waals surface area contributed by atoms with E-state index in [4.69, 9.17) is 12.2 Å². The summed E-state index contributed by atoms with van der Waals surface area (Å²) in [6, 6.07) is 7.34. The summed E-state index contributed by atoms with van der Waals surface area (Å²) < 4.78 is 27.5. The van der Waals surface area contributed by atoms with E-state index in [2.05, 4.69) is 43.1 Å². The van der Waals surface area contributed by atoms with Crippen LogP contribution >= 0.6 is 12.2 Å². The molecular weight excluding hydrogens is 392 g/mol. The van der Waals surface area contributed by atoms with Crippen LogP contribution in [0.2, 0.25) is 0 Å². The zero-order valence-electron chi connectivity index (χ0n) is 17.5. The van der Waals surface area contributed by atoms with Crippen LogP contribution < -0.4 is 5.32 Å². The van der Waals surface area contributed by atoms with Gasteiger partial charge in [-0.25, -0.2) is 8.42 Å². The number of nitrogens with zero attached hydrogens (tertiary/aromatic N) is 3. The van der Waals surface area contributed by atoms with Gasteiger partial charge in [0, 0.05) is 32.7 Å². The molecule has 0 bridgehead atoms. The maximum absolute atomic E-state index is 12.9. The van der Waals surface area contributed by atoms with Crippen LogP contribution in [0.15, 0.2) is 29.2 Å². The first kappa shape index (κ1) is 23.1. The molecule has 28 heavy (non-hydrogen) atoms. The second kappa shape index (κ2) is 10.5. The van der Waals surface area contributed by atoms with Crippen LogP contribution in [0.1, 0.15) is 38.2 Å². The first-order valence-corrected chi connectivity index (χ1v) is 11.9. The van der Waals surface area contributed by atoms with Crippen molar-refractivity contribution in [2.75, 3.05) is 53.4 Å². The third kappa shape index (κ3) is 6.14. The van der Waals surface area contributed by atoms with Gasteiger partial charge in [0.2, 0.25) is 10.0 Å². The molecule has 1 heterocycles. The predicted molar refractivity (Wildman–Crippen MR) is 119 cm³/mol. The molecule has 1 atom stereocenters. The van der Waals surface area contributed by atoms with Crippen molar-refractivity contribution >= 4 is 27.4 Å². The zero-order valence-corrected chi connectivity index (χ0v) is 19.2. The monoisotopic (exact) mass is 426 g/mol. The molecule has 0 radical (unpaired) electrons. The Morgan fingerprint density at radius 3 is 2.32 bits per heavy atom. The molecule has 158 valence electrons. The number of rotatable bonds is 8. The van der Waals surface area contributed by atoms with E-state index in [-0.39, 0.29) is 0 Å². The van der Waals surface area contributed by atoms with Crippen molar-refractivity contribution in [1.29, 1.82) is 0 Å². The summed E-state index contributed by atoms with van der Waals surface area (Å²) in [5, 5.41) is 3.99. The van der Waals surface area contributed by atoms with E-state index in [1.165, 1.54) is 5.56 Å². The van der Waals surface area contributed by atoms with Gasteiger partial charge in [0.05, 0.1) is 4.90 Å². The highest BCUT2D eigenvalue weighted by Crippen LogP contribution is 2.23. The average molecular weight is 427 g/mol. The lowest BCUT2D eigenvalue weighted by Gasteiger charge is -2.35. The molecule has 0 amide bonds. The highest BCUT2D eigenvalue weighted by Gasteiger charge is 2.29. The standard InChI is InChI=1S/C20H34N4O2S2/c1-5-17(2)18-7-9-19(10-8-18)28(25,26)24-15-13-23(14-16-24)20(27)21-11-6-12-22(3)4/h7-10,17H,5-6,11-16H2,1-4H3,(H,21,27)/t17-/m0/s1. The number of piperazine rings is 1. The molecular formula is C20H34N4O2S2. The summed E-state index contributed by atoms with van der Waals surface area (Å²) in [6.45, 7) is 8.27. The Bertz CT molecular complexity index is 727. The first-order valence-electron chi connectivity index (χ1n) is 10.0. The van der Waals surface area contributed by atoms with E-state index in [1.54, 1.807) is 16.4 Å². The maximum atomic E-state index is 12.9. The minimum absolute atomic E-state index is 0.373. The van der Waals surface area contributed by atoms with Crippen molar-refractivity contribution in [1.82, 2.24) is 19.4 Å². The van der Waals surface area contributed by atoms with E-state index >= 15 is 0 Å². The number of hydrogen-bond donors (Lipinski definition) is 1. The molecule has 1 saturated heterocycles. The Labute approximate surface area is 175 Å². The molecule has 1 aliphatic rings. The summed E-state index contributed by atoms with van der Waals surface area (Å²) in [4.78, 5) is 4.57. The Kier molecular flexibility index (Phi) is 8.67. The second-order valence-electron chi connectivity index (χ2n) is 7.66. The van der Waals surface area contributed by atoms with Crippen molar-refractivity contribution in [3.63, 3.8) is 0 Å². The van der Waals surface area contributed by atoms with E-state index < -0.39 is 10.0 Å². The number of benzene rings is 1. The van der Waals surface area contributed by atoms with Crippen LogP contribution in [-0.2, 0) is 10.0 Å². The molecule has 1 fully saturated rings. The lowest BCUT2D eigenvalue weighted by molar-refractivity contribution is 0.263. The summed E-state index contributed by atoms with van der Waals surface area (Å²) in [7, 11) is 0.650. The lowest BCUT2D eigenvalue weighted by atomic mass is 9.99. The fourth-order valence-electron chi connectivity index (χ4n) is 3.19. The number of sulfonamides is 1. The van der Waals surface area contributed by atoms with Crippen LogP contribution in [0, 0.1) is 0 Å². The lowest BCUT2D eigenvalue weighted by Crippen LogP contribution is -2.53. The number of thiocarbonyl (C=S) groups is 1. The molecule has 1 aromatic rings. The smallest absolute Gasteiger partial charge is 0.243 e. The van der Waals surface area contributed by atoms with Gasteiger partial charge in [-0.15, -0.1) is 0 Å². The van der Waals surface area contributed by atoms with Crippen molar-refractivity contribution in [3.8, 4) is 0 Å². The van der Waals surface area contributed by atoms with Crippen LogP contribution in [0.4, 0.5) is 0 Å². The summed E-state index contributed by atoms with van der Waals surface area (Å²) >= 11 is 5.46. The Balaban J connectivity index is 1.88. The van der Waals surface area contributed by atoms with E-state index in [1.807, 2.05) is 12.1 Å². The molecule has 0 spiro atoms. The number of hydrogen-bond acceptors (Lipinski definition) is 4. The van der Waals surface area contributed by atoms with E-state index in [9.17, 15) is 8.42 Å². The van der Waals surface area contributed by atoms with E-state index in [0.717, 1.165) is 25.9 Å². The van der Waals surface area contributed by atoms with Gasteiger partial charge in [-0.3, -0.25) is 0 Å². The fourth-order valence-corrected chi connectivity index (χ4v) is 4.89. The summed E-state index contributed by atoms with van der Waals surface area (Å²) in [5.41, 5.74) is 1.18. The van der Waals surface area contributed by atoms with Gasteiger partial charge in [-0.05, 0) is 69.3 Å². The third-order valence-corrected chi connectivity index (χ3v) is 7.60. The molecule has 0 saturated carbocycles. The van der Waals surface area contributed by atoms with Gasteiger partial charge in [0.1, 0.15) is 0 Å². The van der Waals surface area contributed by atoms with Gasteiger partial charge in [0.15, 0.2) is 5.11 Å². The molecule has 0 aromatic heterocycles. The third-order valence-electron chi connectivity index (χ3n) is 5.28. The highest BCUT2D eigenvalue weighted by molar-refractivity contribution is 7.89. The quantitative estimate of drug-likeness (QED) is 0.509. The Morgan fingerprint density at radius 1 is 1.18 bits per heavy atom. The maximum Gasteiger partial charge on any atom is 0.243 e. The van der Waals surface area contributed by atoms with Crippen molar-refractivity contribution in [2.24, 2.45) is 0 Å². The fraction of sp³-hybridized carbons (Fsp3) is 0.650. The molecule has 0 unspecified atom stereocenters. The van der Waals surface area contributed by atoms with Crippen LogP contribution in [0.5, 0.6) is 0 Å². The van der Waals surface area contributed by atoms with Gasteiger partial charge in [-0.2, -0.15) is 4.31 Å². The van der Waals surface area contributed by atoms with Crippen molar-refractivity contribution in [3.05, 3.63) is 29.8 Å². The minimum atomic E-state index is -3.45. The molecule has 1 aliphatic heterocycles. The first-order chi connectivity index (χ1) is 13.3. The van der Waals surface area contributed by atoms with Gasteiger partial charge < -0.3 is 15.1 Å². The number of nitrogens with one attached hydrogen (secondary N) is 1. The highest BCUT2D eigenvalue weighted by atomic mass is 32.2. The SMILES string of the molecule is CC[C@H](C)c1ccc(S(=O)(=O)N2CCN(C(=S)NCCCN(C)C)CC2)cc1. The van der Waals surface area contributed by atoms with Crippen LogP contribution in [0.3, 0.4) is 0 Å². The summed E-state index contributed by atoms with van der Waals surface area (Å²) in [5.74, 6) is 0.437. The molecule has 2 rings (SSSR count). The zero-order chi connectivity index (χ0) is 20.7. The molecule has 1 N–H and O–H groups in total. The van der Waals surface area contributed by atoms with Gasteiger partial charge in [0.25, 0.3) is 0 Å². The van der Waals surface area contributed by atoms with Gasteiger partial charge >= 0.3 is 0 Å². The average Bonchev–Trinajstić information content (AvgIpc) is 2.70. The topological polar surface area (TPSA) is 55.9 Å². The predicted octanol–water partition coefficient (Wildman–Crippen LogP) is 2.33. The van der Waals surface area contributed by atoms with Crippen LogP contribution in [0.25, 0.3) is 0 Å². The molecule has 0 aliphatic carbocycles. The summed E-state index contributed by atoms with van der Waals surface area (Å²) in [6.07, 6.45) is 2.06. The normalized spacial score (nSPS) is 17.0.